The van der Waals surface area contributed by atoms with Gasteiger partial charge in [-0.3, -0.25) is 4.79 Å². The van der Waals surface area contributed by atoms with Gasteiger partial charge in [0, 0.05) is 5.92 Å². The van der Waals surface area contributed by atoms with Crippen LogP contribution >= 0.6 is 0 Å². The van der Waals surface area contributed by atoms with Crippen LogP contribution in [0.3, 0.4) is 0 Å². The van der Waals surface area contributed by atoms with Crippen LogP contribution in [0.5, 0.6) is 0 Å². The van der Waals surface area contributed by atoms with Crippen molar-refractivity contribution in [1.82, 2.24) is 0 Å². The Balaban J connectivity index is 0.000000606. The summed E-state index contributed by atoms with van der Waals surface area (Å²) in [6, 6.07) is 10.2. The molecule has 0 bridgehead atoms. The molecule has 0 N–H and O–H groups in total. The van der Waals surface area contributed by atoms with Crippen LogP contribution in [0, 0.1) is 5.92 Å². The second-order valence-electron chi connectivity index (χ2n) is 4.47. The van der Waals surface area contributed by atoms with Crippen molar-refractivity contribution in [2.75, 3.05) is 0 Å². The molecule has 1 aromatic carbocycles. The molecule has 0 amide bonds. The number of carbonyl (C=O) groups excluding carboxylic acids is 1. The number of rotatable bonds is 3. The molecule has 0 radical (unpaired) electrons. The van der Waals surface area contributed by atoms with Crippen molar-refractivity contribution in [2.45, 2.75) is 46.0 Å². The first-order valence-electron chi connectivity index (χ1n) is 6.27. The number of hydrogen-bond acceptors (Lipinski definition) is 1. The zero-order chi connectivity index (χ0) is 12.2. The number of Topliss-reactive ketones (excluding diaryl/α,β-unsaturated/α-hetero) is 1. The number of hydrogen-bond donors (Lipinski definition) is 0. The van der Waals surface area contributed by atoms with E-state index < -0.39 is 0 Å². The van der Waals surface area contributed by atoms with E-state index in [9.17, 15) is 4.79 Å². The van der Waals surface area contributed by atoms with E-state index in [2.05, 4.69) is 12.1 Å². The molecule has 0 saturated heterocycles. The van der Waals surface area contributed by atoms with Crippen molar-refractivity contribution in [3.05, 3.63) is 35.9 Å². The van der Waals surface area contributed by atoms with Crippen LogP contribution < -0.4 is 0 Å². The predicted molar refractivity (Wildman–Crippen MR) is 68.5 cm³/mol. The molecular formula is C15H22O. The maximum Gasteiger partial charge on any atom is 0.145 e. The molecule has 2 rings (SSSR count). The highest BCUT2D eigenvalue weighted by Crippen LogP contribution is 2.50. The molecule has 1 nitrogen and oxygen atoms in total. The third-order valence-corrected chi connectivity index (χ3v) is 3.07. The average molecular weight is 218 g/mol. The van der Waals surface area contributed by atoms with Gasteiger partial charge in [-0.2, -0.15) is 0 Å². The Morgan fingerprint density at radius 2 is 1.62 bits per heavy atom. The molecule has 1 fully saturated rings. The Morgan fingerprint density at radius 3 is 2.00 bits per heavy atom. The van der Waals surface area contributed by atoms with Gasteiger partial charge >= 0.3 is 0 Å². The fraction of sp³-hybridized carbons (Fsp3) is 0.533. The Kier molecular flexibility index (Phi) is 4.28. The van der Waals surface area contributed by atoms with Crippen LogP contribution in [0.1, 0.15) is 46.1 Å². The van der Waals surface area contributed by atoms with E-state index in [1.165, 1.54) is 5.56 Å². The van der Waals surface area contributed by atoms with Crippen LogP contribution in [0.15, 0.2) is 30.3 Å². The third kappa shape index (κ3) is 2.34. The summed E-state index contributed by atoms with van der Waals surface area (Å²) in [5, 5.41) is 0. The van der Waals surface area contributed by atoms with Gasteiger partial charge in [-0.05, 0) is 18.4 Å². The highest BCUT2D eigenvalue weighted by Gasteiger charge is 2.51. The zero-order valence-corrected chi connectivity index (χ0v) is 10.8. The first-order valence-corrected chi connectivity index (χ1v) is 6.27. The normalized spacial score (nSPS) is 16.3. The Labute approximate surface area is 98.9 Å². The summed E-state index contributed by atoms with van der Waals surface area (Å²) in [5.41, 5.74) is 1.09. The van der Waals surface area contributed by atoms with Gasteiger partial charge in [0.2, 0.25) is 0 Å². The Morgan fingerprint density at radius 1 is 1.12 bits per heavy atom. The monoisotopic (exact) mass is 218 g/mol. The van der Waals surface area contributed by atoms with E-state index in [4.69, 9.17) is 0 Å². The second kappa shape index (κ2) is 5.29. The predicted octanol–water partition coefficient (Wildman–Crippen LogP) is 3.97. The van der Waals surface area contributed by atoms with Crippen molar-refractivity contribution in [3.8, 4) is 0 Å². The van der Waals surface area contributed by atoms with Gasteiger partial charge in [0.25, 0.3) is 0 Å². The fourth-order valence-corrected chi connectivity index (χ4v) is 2.11. The summed E-state index contributed by atoms with van der Waals surface area (Å²) in [7, 11) is 0. The van der Waals surface area contributed by atoms with Crippen LogP contribution in [-0.4, -0.2) is 5.78 Å². The van der Waals surface area contributed by atoms with Gasteiger partial charge in [0.1, 0.15) is 5.78 Å². The lowest BCUT2D eigenvalue weighted by Gasteiger charge is -2.16. The van der Waals surface area contributed by atoms with Gasteiger partial charge in [-0.15, -0.1) is 0 Å². The summed E-state index contributed by atoms with van der Waals surface area (Å²) in [4.78, 5) is 12.0. The van der Waals surface area contributed by atoms with Gasteiger partial charge in [-0.1, -0.05) is 58.0 Å². The van der Waals surface area contributed by atoms with Gasteiger partial charge < -0.3 is 0 Å². The standard InChI is InChI=1S/C13H16O.C2H6/c1-10(2)12(14)13(8-9-13)11-6-4-3-5-7-11;1-2/h3-7,10H,8-9H2,1-2H3;1-2H3. The smallest absolute Gasteiger partial charge is 0.145 e. The Hall–Kier alpha value is -1.11. The lowest BCUT2D eigenvalue weighted by atomic mass is 9.86. The molecule has 0 heterocycles. The van der Waals surface area contributed by atoms with E-state index >= 15 is 0 Å². The number of ketones is 1. The van der Waals surface area contributed by atoms with Crippen molar-refractivity contribution in [1.29, 1.82) is 0 Å². The lowest BCUT2D eigenvalue weighted by Crippen LogP contribution is -2.24. The van der Waals surface area contributed by atoms with Gasteiger partial charge in [-0.25, -0.2) is 0 Å². The minimum Gasteiger partial charge on any atom is -0.298 e. The molecule has 0 unspecified atom stereocenters. The molecule has 1 saturated carbocycles. The molecule has 0 atom stereocenters. The summed E-state index contributed by atoms with van der Waals surface area (Å²) in [6.07, 6.45) is 2.07. The Bertz CT molecular complexity index is 334. The van der Waals surface area contributed by atoms with Gasteiger partial charge in [0.05, 0.1) is 5.41 Å². The van der Waals surface area contributed by atoms with Gasteiger partial charge in [0.15, 0.2) is 0 Å². The third-order valence-electron chi connectivity index (χ3n) is 3.07. The van der Waals surface area contributed by atoms with E-state index in [0.717, 1.165) is 12.8 Å². The van der Waals surface area contributed by atoms with Crippen molar-refractivity contribution in [3.63, 3.8) is 0 Å². The second-order valence-corrected chi connectivity index (χ2v) is 4.47. The molecule has 16 heavy (non-hydrogen) atoms. The first kappa shape index (κ1) is 13.0. The SMILES string of the molecule is CC.CC(C)C(=O)C1(c2ccccc2)CC1. The topological polar surface area (TPSA) is 17.1 Å². The molecular weight excluding hydrogens is 196 g/mol. The molecule has 1 heteroatoms. The minimum atomic E-state index is -0.116. The van der Waals surface area contributed by atoms with Crippen LogP contribution in [0.4, 0.5) is 0 Å². The van der Waals surface area contributed by atoms with Crippen molar-refractivity contribution < 1.29 is 4.79 Å². The first-order chi connectivity index (χ1) is 7.67. The van der Waals surface area contributed by atoms with E-state index in [-0.39, 0.29) is 11.3 Å². The number of benzene rings is 1. The summed E-state index contributed by atoms with van der Waals surface area (Å²) >= 11 is 0. The summed E-state index contributed by atoms with van der Waals surface area (Å²) < 4.78 is 0. The summed E-state index contributed by atoms with van der Waals surface area (Å²) in [5.74, 6) is 0.557. The van der Waals surface area contributed by atoms with E-state index in [0.29, 0.717) is 5.78 Å². The molecule has 0 spiro atoms. The van der Waals surface area contributed by atoms with Crippen LogP contribution in [-0.2, 0) is 10.2 Å². The molecule has 1 aliphatic carbocycles. The van der Waals surface area contributed by atoms with Crippen LogP contribution in [0.2, 0.25) is 0 Å². The largest absolute Gasteiger partial charge is 0.298 e. The quantitative estimate of drug-likeness (QED) is 0.750. The molecule has 1 aromatic rings. The molecule has 88 valence electrons. The zero-order valence-electron chi connectivity index (χ0n) is 10.8. The van der Waals surface area contributed by atoms with E-state index in [1.54, 1.807) is 0 Å². The molecule has 0 aliphatic heterocycles. The molecule has 1 aliphatic rings. The maximum absolute atomic E-state index is 12.0. The van der Waals surface area contributed by atoms with Crippen LogP contribution in [0.25, 0.3) is 0 Å². The minimum absolute atomic E-state index is 0.116. The van der Waals surface area contributed by atoms with E-state index in [1.807, 2.05) is 45.9 Å². The number of carbonyl (C=O) groups is 1. The van der Waals surface area contributed by atoms with Crippen molar-refractivity contribution in [2.24, 2.45) is 5.92 Å². The average Bonchev–Trinajstić information content (AvgIpc) is 3.13. The van der Waals surface area contributed by atoms with Crippen molar-refractivity contribution >= 4 is 5.78 Å². The fourth-order valence-electron chi connectivity index (χ4n) is 2.11. The lowest BCUT2D eigenvalue weighted by molar-refractivity contribution is -0.124. The maximum atomic E-state index is 12.0. The summed E-state index contributed by atoms with van der Waals surface area (Å²) in [6.45, 7) is 7.98. The highest BCUT2D eigenvalue weighted by molar-refractivity contribution is 5.94. The molecule has 0 aromatic heterocycles. The highest BCUT2D eigenvalue weighted by atomic mass is 16.1.